The van der Waals surface area contributed by atoms with Crippen LogP contribution >= 0.6 is 0 Å². The molecule has 1 aliphatic rings. The molecule has 1 N–H and O–H groups in total. The number of hydrogen-bond donors (Lipinski definition) is 1. The number of likely N-dealkylation sites (N-methyl/N-ethyl adjacent to an activating group) is 1. The molecule has 106 valence electrons. The lowest BCUT2D eigenvalue weighted by Gasteiger charge is -2.35. The molecule has 0 saturated carbocycles. The van der Waals surface area contributed by atoms with E-state index in [4.69, 9.17) is 4.74 Å². The lowest BCUT2D eigenvalue weighted by atomic mass is 9.94. The molecule has 0 unspecified atom stereocenters. The molecule has 0 atom stereocenters. The summed E-state index contributed by atoms with van der Waals surface area (Å²) in [5.41, 5.74) is 5.49. The SMILES string of the molecule is COc1cc(C)c(CCN(C)C2CNC2)c(C)c1C. The number of benzene rings is 1. The number of hydrogen-bond acceptors (Lipinski definition) is 3. The lowest BCUT2D eigenvalue weighted by molar-refractivity contribution is 0.182. The Hall–Kier alpha value is -1.06. The summed E-state index contributed by atoms with van der Waals surface area (Å²) in [4.78, 5) is 2.47. The van der Waals surface area contributed by atoms with Crippen LogP contribution in [0.25, 0.3) is 0 Å². The predicted molar refractivity (Wildman–Crippen MR) is 80.2 cm³/mol. The van der Waals surface area contributed by atoms with Crippen LogP contribution in [0.5, 0.6) is 5.75 Å². The molecule has 0 spiro atoms. The highest BCUT2D eigenvalue weighted by molar-refractivity contribution is 5.48. The molecule has 3 nitrogen and oxygen atoms in total. The highest BCUT2D eigenvalue weighted by Gasteiger charge is 2.21. The van der Waals surface area contributed by atoms with Gasteiger partial charge >= 0.3 is 0 Å². The van der Waals surface area contributed by atoms with Crippen molar-refractivity contribution < 1.29 is 4.74 Å². The van der Waals surface area contributed by atoms with Gasteiger partial charge in [0.1, 0.15) is 5.75 Å². The summed E-state index contributed by atoms with van der Waals surface area (Å²) in [5, 5.41) is 3.33. The Labute approximate surface area is 116 Å². The maximum atomic E-state index is 5.43. The summed E-state index contributed by atoms with van der Waals surface area (Å²) in [6.45, 7) is 9.95. The molecular formula is C16H26N2O. The number of nitrogens with one attached hydrogen (secondary N) is 1. The van der Waals surface area contributed by atoms with Crippen molar-refractivity contribution in [3.63, 3.8) is 0 Å². The van der Waals surface area contributed by atoms with E-state index in [2.05, 4.69) is 44.1 Å². The second-order valence-electron chi connectivity index (χ2n) is 5.67. The number of methoxy groups -OCH3 is 1. The number of ether oxygens (including phenoxy) is 1. The Balaban J connectivity index is 2.09. The van der Waals surface area contributed by atoms with Gasteiger partial charge in [-0.1, -0.05) is 0 Å². The van der Waals surface area contributed by atoms with Gasteiger partial charge < -0.3 is 15.0 Å². The summed E-state index contributed by atoms with van der Waals surface area (Å²) in [6, 6.07) is 2.89. The van der Waals surface area contributed by atoms with Gasteiger partial charge in [0.2, 0.25) is 0 Å². The minimum Gasteiger partial charge on any atom is -0.496 e. The Morgan fingerprint density at radius 2 is 1.95 bits per heavy atom. The van der Waals surface area contributed by atoms with E-state index in [1.807, 2.05) is 0 Å². The Bertz CT molecular complexity index is 453. The van der Waals surface area contributed by atoms with Crippen LogP contribution in [0, 0.1) is 20.8 Å². The lowest BCUT2D eigenvalue weighted by Crippen LogP contribution is -2.56. The summed E-state index contributed by atoms with van der Waals surface area (Å²) < 4.78 is 5.43. The molecule has 1 aliphatic heterocycles. The molecule has 0 radical (unpaired) electrons. The van der Waals surface area contributed by atoms with Crippen molar-refractivity contribution in [2.24, 2.45) is 0 Å². The summed E-state index contributed by atoms with van der Waals surface area (Å²) in [5.74, 6) is 1.01. The van der Waals surface area contributed by atoms with E-state index in [-0.39, 0.29) is 0 Å². The smallest absolute Gasteiger partial charge is 0.122 e. The third-order valence-corrected chi connectivity index (χ3v) is 4.53. The van der Waals surface area contributed by atoms with Crippen LogP contribution in [0.4, 0.5) is 0 Å². The molecule has 0 aliphatic carbocycles. The van der Waals surface area contributed by atoms with E-state index >= 15 is 0 Å². The monoisotopic (exact) mass is 262 g/mol. The molecule has 0 aromatic heterocycles. The van der Waals surface area contributed by atoms with E-state index in [9.17, 15) is 0 Å². The van der Waals surface area contributed by atoms with E-state index in [0.29, 0.717) is 0 Å². The Morgan fingerprint density at radius 3 is 2.47 bits per heavy atom. The van der Waals surface area contributed by atoms with Gasteiger partial charge in [-0.25, -0.2) is 0 Å². The molecule has 3 heteroatoms. The summed E-state index contributed by atoms with van der Waals surface area (Å²) >= 11 is 0. The molecule has 0 amide bonds. The average molecular weight is 262 g/mol. The molecule has 1 fully saturated rings. The second kappa shape index (κ2) is 5.93. The zero-order valence-electron chi connectivity index (χ0n) is 12.8. The highest BCUT2D eigenvalue weighted by Crippen LogP contribution is 2.27. The largest absolute Gasteiger partial charge is 0.496 e. The standard InChI is InChI=1S/C16H26N2O/c1-11-8-16(19-5)13(3)12(2)15(11)6-7-18(4)14-9-17-10-14/h8,14,17H,6-7,9-10H2,1-5H3. The number of aryl methyl sites for hydroxylation is 1. The number of rotatable bonds is 5. The molecule has 0 bridgehead atoms. The molecule has 19 heavy (non-hydrogen) atoms. The fraction of sp³-hybridized carbons (Fsp3) is 0.625. The molecule has 1 heterocycles. The van der Waals surface area contributed by atoms with Gasteiger partial charge in [-0.3, -0.25) is 0 Å². The number of nitrogens with zero attached hydrogens (tertiary/aromatic N) is 1. The zero-order valence-corrected chi connectivity index (χ0v) is 12.8. The highest BCUT2D eigenvalue weighted by atomic mass is 16.5. The normalized spacial score (nSPS) is 15.7. The first-order chi connectivity index (χ1) is 9.04. The Kier molecular flexibility index (Phi) is 4.48. The quantitative estimate of drug-likeness (QED) is 0.879. The average Bonchev–Trinajstić information content (AvgIpc) is 2.31. The third kappa shape index (κ3) is 2.93. The third-order valence-electron chi connectivity index (χ3n) is 4.53. The van der Waals surface area contributed by atoms with Gasteiger partial charge in [0.15, 0.2) is 0 Å². The minimum absolute atomic E-state index is 0.722. The van der Waals surface area contributed by atoms with Gasteiger partial charge in [-0.2, -0.15) is 0 Å². The first-order valence-corrected chi connectivity index (χ1v) is 7.09. The van der Waals surface area contributed by atoms with Crippen molar-refractivity contribution in [1.29, 1.82) is 0 Å². The molecule has 2 rings (SSSR count). The topological polar surface area (TPSA) is 24.5 Å². The molecule has 1 aromatic carbocycles. The minimum atomic E-state index is 0.722. The van der Waals surface area contributed by atoms with Gasteiger partial charge in [0.25, 0.3) is 0 Å². The van der Waals surface area contributed by atoms with Crippen molar-refractivity contribution in [2.75, 3.05) is 33.8 Å². The van der Waals surface area contributed by atoms with Crippen LogP contribution in [0.1, 0.15) is 22.3 Å². The van der Waals surface area contributed by atoms with Crippen molar-refractivity contribution in [1.82, 2.24) is 10.2 Å². The van der Waals surface area contributed by atoms with Crippen molar-refractivity contribution in [3.8, 4) is 5.75 Å². The first kappa shape index (κ1) is 14.4. The van der Waals surface area contributed by atoms with E-state index in [1.54, 1.807) is 7.11 Å². The second-order valence-corrected chi connectivity index (χ2v) is 5.67. The fourth-order valence-corrected chi connectivity index (χ4v) is 2.75. The summed E-state index contributed by atoms with van der Waals surface area (Å²) in [6.07, 6.45) is 1.12. The van der Waals surface area contributed by atoms with Crippen molar-refractivity contribution >= 4 is 0 Å². The molecule has 1 aromatic rings. The van der Waals surface area contributed by atoms with Crippen LogP contribution in [0.15, 0.2) is 6.07 Å². The zero-order chi connectivity index (χ0) is 14.0. The van der Waals surface area contributed by atoms with Crippen molar-refractivity contribution in [2.45, 2.75) is 33.2 Å². The molecular weight excluding hydrogens is 236 g/mol. The van der Waals surface area contributed by atoms with E-state index < -0.39 is 0 Å². The maximum absolute atomic E-state index is 5.43. The van der Waals surface area contributed by atoms with Gasteiger partial charge in [0, 0.05) is 25.7 Å². The van der Waals surface area contributed by atoms with Crippen LogP contribution < -0.4 is 10.1 Å². The Morgan fingerprint density at radius 1 is 1.26 bits per heavy atom. The van der Waals surface area contributed by atoms with Gasteiger partial charge in [-0.15, -0.1) is 0 Å². The van der Waals surface area contributed by atoms with Gasteiger partial charge in [0.05, 0.1) is 7.11 Å². The van der Waals surface area contributed by atoms with E-state index in [0.717, 1.165) is 37.8 Å². The maximum Gasteiger partial charge on any atom is 0.122 e. The van der Waals surface area contributed by atoms with Crippen LogP contribution in [0.2, 0.25) is 0 Å². The van der Waals surface area contributed by atoms with Crippen LogP contribution in [0.3, 0.4) is 0 Å². The first-order valence-electron chi connectivity index (χ1n) is 7.09. The molecule has 1 saturated heterocycles. The summed E-state index contributed by atoms with van der Waals surface area (Å²) in [7, 11) is 3.98. The van der Waals surface area contributed by atoms with Gasteiger partial charge in [-0.05, 0) is 62.6 Å². The van der Waals surface area contributed by atoms with Crippen LogP contribution in [-0.2, 0) is 6.42 Å². The predicted octanol–water partition coefficient (Wildman–Crippen LogP) is 2.07. The van der Waals surface area contributed by atoms with Crippen LogP contribution in [-0.4, -0.2) is 44.7 Å². The van der Waals surface area contributed by atoms with Crippen molar-refractivity contribution in [3.05, 3.63) is 28.3 Å². The van der Waals surface area contributed by atoms with E-state index in [1.165, 1.54) is 22.3 Å². The fourth-order valence-electron chi connectivity index (χ4n) is 2.75.